The first-order valence-corrected chi connectivity index (χ1v) is 6.61. The second-order valence-electron chi connectivity index (χ2n) is 4.61. The lowest BCUT2D eigenvalue weighted by atomic mass is 10.3. The van der Waals surface area contributed by atoms with Crippen LogP contribution in [-0.2, 0) is 6.18 Å². The van der Waals surface area contributed by atoms with Crippen molar-refractivity contribution in [2.24, 2.45) is 0 Å². The van der Waals surface area contributed by atoms with Crippen LogP contribution in [0.25, 0.3) is 5.65 Å². The molecule has 3 aromatic rings. The molecule has 2 aromatic heterocycles. The van der Waals surface area contributed by atoms with Crippen molar-refractivity contribution in [3.63, 3.8) is 0 Å². The Bertz CT molecular complexity index is 857. The lowest BCUT2D eigenvalue weighted by Gasteiger charge is -2.10. The molecule has 10 heteroatoms. The molecule has 0 saturated heterocycles. The van der Waals surface area contributed by atoms with Gasteiger partial charge in [0.15, 0.2) is 5.65 Å². The summed E-state index contributed by atoms with van der Waals surface area (Å²) in [5.74, 6) is -0.0784. The average Bonchev–Trinajstić information content (AvgIpc) is 2.97. The zero-order valence-corrected chi connectivity index (χ0v) is 12.5. The van der Waals surface area contributed by atoms with Crippen molar-refractivity contribution in [1.29, 1.82) is 0 Å². The Labute approximate surface area is 133 Å². The highest BCUT2D eigenvalue weighted by atomic mass is 19.4. The van der Waals surface area contributed by atoms with Gasteiger partial charge < -0.3 is 14.2 Å². The predicted octanol–water partition coefficient (Wildman–Crippen LogP) is 2.95. The summed E-state index contributed by atoms with van der Waals surface area (Å²) in [5.41, 5.74) is -0.0436. The summed E-state index contributed by atoms with van der Waals surface area (Å²) in [5, 5.41) is 10.3. The summed E-state index contributed by atoms with van der Waals surface area (Å²) in [7, 11) is 2.94. The third-order valence-electron chi connectivity index (χ3n) is 3.04. The minimum absolute atomic E-state index is 0.0436. The van der Waals surface area contributed by atoms with Crippen LogP contribution in [0.1, 0.15) is 5.82 Å². The average molecular weight is 340 g/mol. The van der Waals surface area contributed by atoms with E-state index in [9.17, 15) is 13.2 Å². The van der Waals surface area contributed by atoms with Gasteiger partial charge in [-0.3, -0.25) is 0 Å². The number of alkyl halides is 3. The monoisotopic (exact) mass is 340 g/mol. The summed E-state index contributed by atoms with van der Waals surface area (Å²) < 4.78 is 54.9. The Morgan fingerprint density at radius 1 is 0.917 bits per heavy atom. The van der Waals surface area contributed by atoms with Gasteiger partial charge in [0.1, 0.15) is 17.2 Å². The van der Waals surface area contributed by atoms with Crippen molar-refractivity contribution in [2.45, 2.75) is 6.18 Å². The van der Waals surface area contributed by atoms with Crippen molar-refractivity contribution in [1.82, 2.24) is 19.8 Å². The Kier molecular flexibility index (Phi) is 3.87. The normalized spacial score (nSPS) is 11.5. The van der Waals surface area contributed by atoms with Crippen molar-refractivity contribution < 1.29 is 27.4 Å². The minimum atomic E-state index is -4.68. The molecule has 2 heterocycles. The van der Waals surface area contributed by atoms with E-state index in [4.69, 9.17) is 14.2 Å². The van der Waals surface area contributed by atoms with E-state index in [1.165, 1.54) is 26.4 Å². The van der Waals surface area contributed by atoms with Crippen LogP contribution in [0, 0.1) is 0 Å². The van der Waals surface area contributed by atoms with Gasteiger partial charge in [-0.2, -0.15) is 17.7 Å². The van der Waals surface area contributed by atoms with E-state index in [-0.39, 0.29) is 11.5 Å². The molecule has 0 N–H and O–H groups in total. The van der Waals surface area contributed by atoms with Gasteiger partial charge in [0.25, 0.3) is 5.82 Å². The molecule has 1 aromatic carbocycles. The molecule has 0 unspecified atom stereocenters. The second-order valence-corrected chi connectivity index (χ2v) is 4.61. The van der Waals surface area contributed by atoms with Gasteiger partial charge in [0.05, 0.1) is 14.2 Å². The molecular weight excluding hydrogens is 329 g/mol. The molecule has 0 fully saturated rings. The first-order chi connectivity index (χ1) is 11.4. The SMILES string of the molecule is COc1cc(OC)cc(Oc2ccc3nnc(C(F)(F)F)n3n2)c1. The molecule has 0 spiro atoms. The fraction of sp³-hybridized carbons (Fsp3) is 0.214. The first-order valence-electron chi connectivity index (χ1n) is 6.61. The topological polar surface area (TPSA) is 70.8 Å². The molecule has 3 rings (SSSR count). The molecule has 7 nitrogen and oxygen atoms in total. The van der Waals surface area contributed by atoms with Crippen LogP contribution in [0.4, 0.5) is 13.2 Å². The van der Waals surface area contributed by atoms with Crippen molar-refractivity contribution in [2.75, 3.05) is 14.2 Å². The number of aromatic nitrogens is 4. The van der Waals surface area contributed by atoms with E-state index < -0.39 is 12.0 Å². The van der Waals surface area contributed by atoms with Crippen LogP contribution in [0.5, 0.6) is 23.1 Å². The Hall–Kier alpha value is -3.04. The molecule has 0 atom stereocenters. The van der Waals surface area contributed by atoms with Gasteiger partial charge in [0, 0.05) is 24.3 Å². The Morgan fingerprint density at radius 2 is 1.54 bits per heavy atom. The summed E-state index contributed by atoms with van der Waals surface area (Å²) >= 11 is 0. The standard InChI is InChI=1S/C14H11F3N4O3/c1-22-8-5-9(23-2)7-10(6-8)24-12-4-3-11-18-19-13(14(15,16)17)21(11)20-12/h3-7H,1-2H3. The molecule has 0 radical (unpaired) electrons. The van der Waals surface area contributed by atoms with Crippen LogP contribution >= 0.6 is 0 Å². The quantitative estimate of drug-likeness (QED) is 0.727. The summed E-state index contributed by atoms with van der Waals surface area (Å²) in [4.78, 5) is 0. The first kappa shape index (κ1) is 15.8. The summed E-state index contributed by atoms with van der Waals surface area (Å²) in [6.45, 7) is 0. The number of ether oxygens (including phenoxy) is 3. The number of hydrogen-bond acceptors (Lipinski definition) is 6. The molecule has 0 saturated carbocycles. The number of rotatable bonds is 4. The third-order valence-corrected chi connectivity index (χ3v) is 3.04. The molecule has 0 aliphatic heterocycles. The molecule has 0 aliphatic rings. The van der Waals surface area contributed by atoms with Gasteiger partial charge in [-0.1, -0.05) is 0 Å². The van der Waals surface area contributed by atoms with Gasteiger partial charge in [-0.25, -0.2) is 0 Å². The van der Waals surface area contributed by atoms with Crippen LogP contribution < -0.4 is 14.2 Å². The zero-order valence-electron chi connectivity index (χ0n) is 12.5. The number of halogens is 3. The molecule has 126 valence electrons. The van der Waals surface area contributed by atoms with E-state index in [1.807, 2.05) is 0 Å². The molecular formula is C14H11F3N4O3. The van der Waals surface area contributed by atoms with Gasteiger partial charge in [-0.05, 0) is 6.07 Å². The number of fused-ring (bicyclic) bond motifs is 1. The number of nitrogens with zero attached hydrogens (tertiary/aromatic N) is 4. The number of hydrogen-bond donors (Lipinski definition) is 0. The fourth-order valence-electron chi connectivity index (χ4n) is 1.96. The van der Waals surface area contributed by atoms with E-state index in [0.717, 1.165) is 0 Å². The van der Waals surface area contributed by atoms with Crippen molar-refractivity contribution in [3.05, 3.63) is 36.2 Å². The fourth-order valence-corrected chi connectivity index (χ4v) is 1.96. The van der Waals surface area contributed by atoms with Crippen molar-refractivity contribution in [3.8, 4) is 23.1 Å². The summed E-state index contributed by atoms with van der Waals surface area (Å²) in [6.07, 6.45) is -4.68. The lowest BCUT2D eigenvalue weighted by Crippen LogP contribution is -2.12. The molecule has 0 amide bonds. The molecule has 24 heavy (non-hydrogen) atoms. The second kappa shape index (κ2) is 5.87. The minimum Gasteiger partial charge on any atom is -0.496 e. The van der Waals surface area contributed by atoms with Gasteiger partial charge in [0.2, 0.25) is 5.88 Å². The summed E-state index contributed by atoms with van der Waals surface area (Å²) in [6, 6.07) is 7.43. The smallest absolute Gasteiger partial charge is 0.453 e. The van der Waals surface area contributed by atoms with E-state index >= 15 is 0 Å². The Balaban J connectivity index is 1.98. The van der Waals surface area contributed by atoms with Crippen LogP contribution in [0.2, 0.25) is 0 Å². The highest BCUT2D eigenvalue weighted by molar-refractivity contribution is 5.44. The van der Waals surface area contributed by atoms with E-state index in [1.54, 1.807) is 18.2 Å². The molecule has 0 bridgehead atoms. The van der Waals surface area contributed by atoms with Gasteiger partial charge in [-0.15, -0.1) is 15.3 Å². The Morgan fingerprint density at radius 3 is 2.12 bits per heavy atom. The zero-order chi connectivity index (χ0) is 17.3. The number of methoxy groups -OCH3 is 2. The predicted molar refractivity (Wildman–Crippen MR) is 75.4 cm³/mol. The third kappa shape index (κ3) is 3.03. The maximum absolute atomic E-state index is 12.9. The number of benzene rings is 1. The van der Waals surface area contributed by atoms with Crippen LogP contribution in [-0.4, -0.2) is 34.0 Å². The van der Waals surface area contributed by atoms with E-state index in [0.29, 0.717) is 21.8 Å². The largest absolute Gasteiger partial charge is 0.496 e. The highest BCUT2D eigenvalue weighted by Gasteiger charge is 2.37. The maximum atomic E-state index is 12.9. The maximum Gasteiger partial charge on any atom is 0.453 e. The highest BCUT2D eigenvalue weighted by Crippen LogP contribution is 2.31. The van der Waals surface area contributed by atoms with E-state index in [2.05, 4.69) is 15.3 Å². The van der Waals surface area contributed by atoms with Gasteiger partial charge >= 0.3 is 6.18 Å². The van der Waals surface area contributed by atoms with Crippen LogP contribution in [0.15, 0.2) is 30.3 Å². The lowest BCUT2D eigenvalue weighted by molar-refractivity contribution is -0.146. The molecule has 0 aliphatic carbocycles. The van der Waals surface area contributed by atoms with Crippen LogP contribution in [0.3, 0.4) is 0 Å². The van der Waals surface area contributed by atoms with Crippen molar-refractivity contribution >= 4 is 5.65 Å².